The first-order valence-corrected chi connectivity index (χ1v) is 10.4. The Hall–Kier alpha value is -2.32. The van der Waals surface area contributed by atoms with Crippen LogP contribution >= 0.6 is 11.8 Å². The molecular weight excluding hydrogens is 354 g/mol. The van der Waals surface area contributed by atoms with Crippen LogP contribution in [0.25, 0.3) is 0 Å². The fourth-order valence-corrected chi connectivity index (χ4v) is 4.44. The Bertz CT molecular complexity index is 881. The van der Waals surface area contributed by atoms with Gasteiger partial charge in [0.05, 0.1) is 5.56 Å². The lowest BCUT2D eigenvalue weighted by Crippen LogP contribution is -2.14. The highest BCUT2D eigenvalue weighted by Gasteiger charge is 2.19. The van der Waals surface area contributed by atoms with Crippen molar-refractivity contribution in [1.29, 1.82) is 5.26 Å². The molecule has 4 nitrogen and oxygen atoms in total. The SMILES string of the molecule is Cc1cc(C)cc(NC(=O)CCSc2nc3c(cc2C#N)CC(C)CC3)c1. The summed E-state index contributed by atoms with van der Waals surface area (Å²) in [5, 5.41) is 13.2. The van der Waals surface area contributed by atoms with E-state index < -0.39 is 0 Å². The first kappa shape index (κ1) is 19.4. The van der Waals surface area contributed by atoms with Crippen LogP contribution in [0.1, 0.15) is 47.7 Å². The van der Waals surface area contributed by atoms with Gasteiger partial charge in [-0.15, -0.1) is 11.8 Å². The number of pyridine rings is 1. The summed E-state index contributed by atoms with van der Waals surface area (Å²) in [5.74, 6) is 1.24. The molecule has 27 heavy (non-hydrogen) atoms. The number of amides is 1. The highest BCUT2D eigenvalue weighted by molar-refractivity contribution is 7.99. The third-order valence-electron chi connectivity index (χ3n) is 4.79. The van der Waals surface area contributed by atoms with Gasteiger partial charge in [-0.2, -0.15) is 5.26 Å². The molecule has 1 aromatic heterocycles. The van der Waals surface area contributed by atoms with E-state index in [1.54, 1.807) is 0 Å². The van der Waals surface area contributed by atoms with Crippen molar-refractivity contribution in [1.82, 2.24) is 4.98 Å². The number of carbonyl (C=O) groups is 1. The van der Waals surface area contributed by atoms with E-state index in [-0.39, 0.29) is 5.91 Å². The first-order chi connectivity index (χ1) is 12.9. The Labute approximate surface area is 165 Å². The molecule has 0 spiro atoms. The maximum atomic E-state index is 12.2. The van der Waals surface area contributed by atoms with E-state index in [0.29, 0.717) is 23.7 Å². The molecule has 0 radical (unpaired) electrons. The van der Waals surface area contributed by atoms with Crippen molar-refractivity contribution in [3.8, 4) is 6.07 Å². The molecule has 0 saturated heterocycles. The molecule has 1 aliphatic rings. The summed E-state index contributed by atoms with van der Waals surface area (Å²) >= 11 is 1.50. The summed E-state index contributed by atoms with van der Waals surface area (Å²) in [7, 11) is 0. The molecule has 0 aliphatic heterocycles. The summed E-state index contributed by atoms with van der Waals surface area (Å²) in [5.41, 5.74) is 6.05. The van der Waals surface area contributed by atoms with Crippen molar-refractivity contribution in [3.63, 3.8) is 0 Å². The van der Waals surface area contributed by atoms with E-state index in [2.05, 4.69) is 24.4 Å². The zero-order valence-electron chi connectivity index (χ0n) is 16.1. The minimum Gasteiger partial charge on any atom is -0.326 e. The minimum atomic E-state index is -0.0159. The van der Waals surface area contributed by atoms with E-state index in [9.17, 15) is 10.1 Å². The summed E-state index contributed by atoms with van der Waals surface area (Å²) in [6.07, 6.45) is 3.51. The van der Waals surface area contributed by atoms with Crippen molar-refractivity contribution >= 4 is 23.4 Å². The van der Waals surface area contributed by atoms with Gasteiger partial charge in [0.25, 0.3) is 0 Å². The van der Waals surface area contributed by atoms with Crippen molar-refractivity contribution in [2.75, 3.05) is 11.1 Å². The maximum absolute atomic E-state index is 12.2. The molecule has 1 N–H and O–H groups in total. The largest absolute Gasteiger partial charge is 0.326 e. The Morgan fingerprint density at radius 1 is 1.30 bits per heavy atom. The lowest BCUT2D eigenvalue weighted by atomic mass is 9.87. The van der Waals surface area contributed by atoms with Crippen LogP contribution in [0.4, 0.5) is 5.69 Å². The summed E-state index contributed by atoms with van der Waals surface area (Å²) in [6, 6.07) is 10.3. The first-order valence-electron chi connectivity index (χ1n) is 9.38. The molecule has 0 bridgehead atoms. The van der Waals surface area contributed by atoms with E-state index in [1.165, 1.54) is 17.3 Å². The third-order valence-corrected chi connectivity index (χ3v) is 5.79. The van der Waals surface area contributed by atoms with Gasteiger partial charge in [0, 0.05) is 23.6 Å². The minimum absolute atomic E-state index is 0.0159. The van der Waals surface area contributed by atoms with Gasteiger partial charge >= 0.3 is 0 Å². The molecule has 1 unspecified atom stereocenters. The second kappa shape index (κ2) is 8.58. The lowest BCUT2D eigenvalue weighted by Gasteiger charge is -2.21. The Kier molecular flexibility index (Phi) is 6.18. The van der Waals surface area contributed by atoms with Crippen LogP contribution < -0.4 is 5.32 Å². The van der Waals surface area contributed by atoms with Gasteiger partial charge in [0.2, 0.25) is 5.91 Å². The average Bonchev–Trinajstić information content (AvgIpc) is 2.60. The van der Waals surface area contributed by atoms with Crippen LogP contribution in [-0.2, 0) is 17.6 Å². The van der Waals surface area contributed by atoms with Crippen molar-refractivity contribution in [3.05, 3.63) is 52.2 Å². The Balaban J connectivity index is 1.60. The third kappa shape index (κ3) is 5.11. The molecule has 140 valence electrons. The second-order valence-electron chi connectivity index (χ2n) is 7.43. The number of benzene rings is 1. The normalized spacial score (nSPS) is 15.7. The number of thioether (sulfide) groups is 1. The number of fused-ring (bicyclic) bond motifs is 1. The molecule has 1 aromatic carbocycles. The van der Waals surface area contributed by atoms with Crippen LogP contribution in [-0.4, -0.2) is 16.6 Å². The standard InChI is InChI=1S/C22H25N3OS/c1-14-4-5-20-17(9-14)12-18(13-23)22(25-20)27-7-6-21(26)24-19-10-15(2)8-16(3)11-19/h8,10-12,14H,4-7,9H2,1-3H3,(H,24,26). The molecule has 5 heteroatoms. The quantitative estimate of drug-likeness (QED) is 0.757. The summed E-state index contributed by atoms with van der Waals surface area (Å²) in [4.78, 5) is 17.0. The van der Waals surface area contributed by atoms with E-state index >= 15 is 0 Å². The average molecular weight is 380 g/mol. The number of nitriles is 1. The molecule has 1 aliphatic carbocycles. The van der Waals surface area contributed by atoms with Crippen molar-refractivity contribution in [2.45, 2.75) is 51.5 Å². The molecule has 0 fully saturated rings. The van der Waals surface area contributed by atoms with Crippen LogP contribution in [0.2, 0.25) is 0 Å². The van der Waals surface area contributed by atoms with Gasteiger partial charge < -0.3 is 5.32 Å². The number of aryl methyl sites for hydroxylation is 3. The van der Waals surface area contributed by atoms with Gasteiger partial charge in [-0.25, -0.2) is 4.98 Å². The Morgan fingerprint density at radius 3 is 2.74 bits per heavy atom. The number of nitrogens with zero attached hydrogens (tertiary/aromatic N) is 2. The summed E-state index contributed by atoms with van der Waals surface area (Å²) < 4.78 is 0. The van der Waals surface area contributed by atoms with Gasteiger partial charge in [-0.05, 0) is 73.9 Å². The highest BCUT2D eigenvalue weighted by atomic mass is 32.2. The lowest BCUT2D eigenvalue weighted by molar-refractivity contribution is -0.115. The predicted molar refractivity (Wildman–Crippen MR) is 110 cm³/mol. The molecule has 1 atom stereocenters. The molecule has 3 rings (SSSR count). The smallest absolute Gasteiger partial charge is 0.225 e. The van der Waals surface area contributed by atoms with Crippen molar-refractivity contribution < 1.29 is 4.79 Å². The molecule has 2 aromatic rings. The molecule has 0 saturated carbocycles. The summed E-state index contributed by atoms with van der Waals surface area (Å²) in [6.45, 7) is 6.28. The van der Waals surface area contributed by atoms with E-state index in [1.807, 2.05) is 32.0 Å². The number of nitrogens with one attached hydrogen (secondary N) is 1. The zero-order chi connectivity index (χ0) is 19.4. The van der Waals surface area contributed by atoms with Gasteiger partial charge in [0.15, 0.2) is 0 Å². The van der Waals surface area contributed by atoms with Crippen LogP contribution in [0.5, 0.6) is 0 Å². The topological polar surface area (TPSA) is 65.8 Å². The number of carbonyl (C=O) groups excluding carboxylic acids is 1. The number of rotatable bonds is 5. The fraction of sp³-hybridized carbons (Fsp3) is 0.409. The van der Waals surface area contributed by atoms with Gasteiger partial charge in [0.1, 0.15) is 11.1 Å². The molecular formula is C22H25N3OS. The van der Waals surface area contributed by atoms with Gasteiger partial charge in [-0.1, -0.05) is 13.0 Å². The van der Waals surface area contributed by atoms with Gasteiger partial charge in [-0.3, -0.25) is 4.79 Å². The molecule has 1 heterocycles. The number of hydrogen-bond acceptors (Lipinski definition) is 4. The van der Waals surface area contributed by atoms with Crippen LogP contribution in [0.3, 0.4) is 0 Å². The van der Waals surface area contributed by atoms with Crippen molar-refractivity contribution in [2.24, 2.45) is 5.92 Å². The number of hydrogen-bond donors (Lipinski definition) is 1. The second-order valence-corrected chi connectivity index (χ2v) is 8.51. The van der Waals surface area contributed by atoms with Crippen LogP contribution in [0.15, 0.2) is 29.3 Å². The maximum Gasteiger partial charge on any atom is 0.225 e. The molecule has 1 amide bonds. The monoisotopic (exact) mass is 379 g/mol. The fourth-order valence-electron chi connectivity index (χ4n) is 3.53. The van der Waals surface area contributed by atoms with E-state index in [4.69, 9.17) is 4.98 Å². The highest BCUT2D eigenvalue weighted by Crippen LogP contribution is 2.29. The number of aromatic nitrogens is 1. The van der Waals surface area contributed by atoms with Crippen LogP contribution in [0, 0.1) is 31.1 Å². The predicted octanol–water partition coefficient (Wildman–Crippen LogP) is 4.82. The zero-order valence-corrected chi connectivity index (χ0v) is 16.9. The van der Waals surface area contributed by atoms with E-state index in [0.717, 1.165) is 46.8 Å². The number of anilines is 1. The Morgan fingerprint density at radius 2 is 2.04 bits per heavy atom.